The second-order valence-electron chi connectivity index (χ2n) is 5.32. The summed E-state index contributed by atoms with van der Waals surface area (Å²) in [5.74, 6) is -1.32. The van der Waals surface area contributed by atoms with Gasteiger partial charge in [0.25, 0.3) is 11.8 Å². The van der Waals surface area contributed by atoms with Crippen molar-refractivity contribution >= 4 is 56.1 Å². The van der Waals surface area contributed by atoms with Gasteiger partial charge in [-0.1, -0.05) is 15.9 Å². The van der Waals surface area contributed by atoms with Gasteiger partial charge in [-0.2, -0.15) is 0 Å². The van der Waals surface area contributed by atoms with Crippen molar-refractivity contribution in [2.24, 2.45) is 5.73 Å². The highest BCUT2D eigenvalue weighted by atomic mass is 79.9. The smallest absolute Gasteiger partial charge is 0.331 e. The van der Waals surface area contributed by atoms with Crippen LogP contribution in [0.1, 0.15) is 22.8 Å². The van der Waals surface area contributed by atoms with Gasteiger partial charge in [-0.25, -0.2) is 4.79 Å². The molecule has 2 amide bonds. The van der Waals surface area contributed by atoms with Crippen LogP contribution in [0.2, 0.25) is 0 Å². The molecule has 1 unspecified atom stereocenters. The van der Waals surface area contributed by atoms with Crippen LogP contribution in [0.3, 0.4) is 0 Å². The molecule has 0 aliphatic heterocycles. The predicted molar refractivity (Wildman–Crippen MR) is 107 cm³/mol. The molecule has 142 valence electrons. The van der Waals surface area contributed by atoms with Gasteiger partial charge < -0.3 is 20.5 Å². The third kappa shape index (κ3) is 5.66. The van der Waals surface area contributed by atoms with E-state index in [-0.39, 0.29) is 5.56 Å². The zero-order valence-electron chi connectivity index (χ0n) is 14.5. The van der Waals surface area contributed by atoms with Crippen molar-refractivity contribution in [3.63, 3.8) is 0 Å². The van der Waals surface area contributed by atoms with Crippen LogP contribution in [0.4, 0.5) is 5.00 Å². The lowest BCUT2D eigenvalue weighted by molar-refractivity contribution is -0.148. The Balaban J connectivity index is 1.98. The second kappa shape index (κ2) is 9.33. The molecule has 0 aliphatic carbocycles. The molecule has 0 fully saturated rings. The molecular formula is C18H17BrN2O5S. The Bertz CT molecular complexity index is 894. The van der Waals surface area contributed by atoms with Gasteiger partial charge in [0.1, 0.15) is 10.8 Å². The van der Waals surface area contributed by atoms with E-state index in [2.05, 4.69) is 21.2 Å². The summed E-state index contributed by atoms with van der Waals surface area (Å²) in [5.41, 5.74) is 6.10. The van der Waals surface area contributed by atoms with Crippen LogP contribution in [0.5, 0.6) is 5.75 Å². The van der Waals surface area contributed by atoms with Crippen LogP contribution in [0.15, 0.2) is 40.2 Å². The van der Waals surface area contributed by atoms with Gasteiger partial charge in [0.2, 0.25) is 0 Å². The average molecular weight is 453 g/mol. The normalized spacial score (nSPS) is 11.8. The lowest BCUT2D eigenvalue weighted by Gasteiger charge is -2.12. The molecule has 2 aromatic rings. The number of rotatable bonds is 7. The lowest BCUT2D eigenvalue weighted by atomic mass is 10.2. The molecule has 0 radical (unpaired) electrons. The summed E-state index contributed by atoms with van der Waals surface area (Å²) in [6, 6.07) is 6.85. The van der Waals surface area contributed by atoms with Crippen LogP contribution in [-0.4, -0.2) is 31.0 Å². The SMILES string of the molecule is COc1ccc(Br)cc1C=CC(=O)OC(C)C(=O)Nc1sccc1C(N)=O. The molecule has 0 saturated heterocycles. The maximum Gasteiger partial charge on any atom is 0.331 e. The molecule has 0 bridgehead atoms. The number of primary amides is 1. The molecule has 0 spiro atoms. The third-order valence-electron chi connectivity index (χ3n) is 3.42. The summed E-state index contributed by atoms with van der Waals surface area (Å²) in [6.07, 6.45) is 1.67. The van der Waals surface area contributed by atoms with Crippen molar-refractivity contribution in [2.45, 2.75) is 13.0 Å². The average Bonchev–Trinajstić information content (AvgIpc) is 3.08. The van der Waals surface area contributed by atoms with E-state index in [1.807, 2.05) is 6.07 Å². The topological polar surface area (TPSA) is 108 Å². The summed E-state index contributed by atoms with van der Waals surface area (Å²) in [7, 11) is 1.52. The van der Waals surface area contributed by atoms with Gasteiger partial charge in [-0.3, -0.25) is 9.59 Å². The molecule has 1 aromatic heterocycles. The van der Waals surface area contributed by atoms with Gasteiger partial charge in [-0.15, -0.1) is 11.3 Å². The van der Waals surface area contributed by atoms with Gasteiger partial charge >= 0.3 is 5.97 Å². The predicted octanol–water partition coefficient (Wildman–Crippen LogP) is 3.20. The Hall–Kier alpha value is -2.65. The molecule has 27 heavy (non-hydrogen) atoms. The number of esters is 1. The Kier molecular flexibility index (Phi) is 7.14. The molecular weight excluding hydrogens is 436 g/mol. The first kappa shape index (κ1) is 20.7. The number of amides is 2. The number of hydrogen-bond donors (Lipinski definition) is 2. The fourth-order valence-corrected chi connectivity index (χ4v) is 3.25. The number of carbonyl (C=O) groups is 3. The van der Waals surface area contributed by atoms with Crippen molar-refractivity contribution in [3.8, 4) is 5.75 Å². The highest BCUT2D eigenvalue weighted by Crippen LogP contribution is 2.24. The molecule has 0 aliphatic rings. The Labute approximate surface area is 168 Å². The van der Waals surface area contributed by atoms with Crippen LogP contribution in [-0.2, 0) is 14.3 Å². The number of hydrogen-bond acceptors (Lipinski definition) is 6. The maximum atomic E-state index is 12.2. The quantitative estimate of drug-likeness (QED) is 0.495. The number of ether oxygens (including phenoxy) is 2. The van der Waals surface area contributed by atoms with Crippen molar-refractivity contribution < 1.29 is 23.9 Å². The number of benzene rings is 1. The highest BCUT2D eigenvalue weighted by Gasteiger charge is 2.19. The Morgan fingerprint density at radius 2 is 2.04 bits per heavy atom. The zero-order valence-corrected chi connectivity index (χ0v) is 16.9. The molecule has 3 N–H and O–H groups in total. The first-order chi connectivity index (χ1) is 12.8. The van der Waals surface area contributed by atoms with Crippen LogP contribution < -0.4 is 15.8 Å². The number of carbonyl (C=O) groups excluding carboxylic acids is 3. The molecule has 9 heteroatoms. The van der Waals surface area contributed by atoms with Crippen molar-refractivity contribution in [2.75, 3.05) is 12.4 Å². The van der Waals surface area contributed by atoms with E-state index in [4.69, 9.17) is 15.2 Å². The van der Waals surface area contributed by atoms with Gasteiger partial charge in [-0.05, 0) is 42.6 Å². The summed E-state index contributed by atoms with van der Waals surface area (Å²) in [6.45, 7) is 1.43. The molecule has 7 nitrogen and oxygen atoms in total. The van der Waals surface area contributed by atoms with Crippen molar-refractivity contribution in [3.05, 3.63) is 51.3 Å². The fraction of sp³-hybridized carbons (Fsp3) is 0.167. The molecule has 2 rings (SSSR count). The number of nitrogens with two attached hydrogens (primary N) is 1. The number of methoxy groups -OCH3 is 1. The van der Waals surface area contributed by atoms with Gasteiger partial charge in [0, 0.05) is 16.1 Å². The maximum absolute atomic E-state index is 12.2. The van der Waals surface area contributed by atoms with Crippen molar-refractivity contribution in [1.82, 2.24) is 0 Å². The number of anilines is 1. The van der Waals surface area contributed by atoms with E-state index in [1.54, 1.807) is 17.5 Å². The molecule has 1 aromatic carbocycles. The first-order valence-electron chi connectivity index (χ1n) is 7.72. The Morgan fingerprint density at radius 1 is 1.30 bits per heavy atom. The number of thiophene rings is 1. The molecule has 0 saturated carbocycles. The number of halogens is 1. The van der Waals surface area contributed by atoms with E-state index in [0.717, 1.165) is 15.8 Å². The van der Waals surface area contributed by atoms with Crippen LogP contribution in [0, 0.1) is 0 Å². The first-order valence-corrected chi connectivity index (χ1v) is 9.39. The van der Waals surface area contributed by atoms with Gasteiger partial charge in [0.05, 0.1) is 12.7 Å². The van der Waals surface area contributed by atoms with Crippen LogP contribution >= 0.6 is 27.3 Å². The highest BCUT2D eigenvalue weighted by molar-refractivity contribution is 9.10. The second-order valence-corrected chi connectivity index (χ2v) is 7.15. The minimum absolute atomic E-state index is 0.202. The summed E-state index contributed by atoms with van der Waals surface area (Å²) in [5, 5.41) is 4.46. The summed E-state index contributed by atoms with van der Waals surface area (Å²) < 4.78 is 11.1. The molecule has 1 atom stereocenters. The lowest BCUT2D eigenvalue weighted by Crippen LogP contribution is -2.29. The summed E-state index contributed by atoms with van der Waals surface area (Å²) >= 11 is 4.50. The van der Waals surface area contributed by atoms with E-state index < -0.39 is 23.9 Å². The third-order valence-corrected chi connectivity index (χ3v) is 4.74. The standard InChI is InChI=1S/C18H17BrN2O5S/c1-10(17(24)21-18-13(16(20)23)7-8-27-18)26-15(22)6-3-11-9-12(19)4-5-14(11)25-2/h3-10H,1-2H3,(H2,20,23)(H,21,24). The minimum atomic E-state index is -1.06. The molecule has 1 heterocycles. The van der Waals surface area contributed by atoms with E-state index in [1.165, 1.54) is 32.3 Å². The van der Waals surface area contributed by atoms with E-state index in [9.17, 15) is 14.4 Å². The Morgan fingerprint density at radius 3 is 2.70 bits per heavy atom. The monoisotopic (exact) mass is 452 g/mol. The fourth-order valence-electron chi connectivity index (χ4n) is 2.07. The van der Waals surface area contributed by atoms with E-state index in [0.29, 0.717) is 16.3 Å². The largest absolute Gasteiger partial charge is 0.496 e. The minimum Gasteiger partial charge on any atom is -0.496 e. The van der Waals surface area contributed by atoms with Crippen molar-refractivity contribution in [1.29, 1.82) is 0 Å². The van der Waals surface area contributed by atoms with Gasteiger partial charge in [0.15, 0.2) is 6.10 Å². The zero-order chi connectivity index (χ0) is 20.0. The van der Waals surface area contributed by atoms with Crippen LogP contribution in [0.25, 0.3) is 6.08 Å². The van der Waals surface area contributed by atoms with E-state index >= 15 is 0 Å². The number of nitrogens with one attached hydrogen (secondary N) is 1. The summed E-state index contributed by atoms with van der Waals surface area (Å²) in [4.78, 5) is 35.4.